The summed E-state index contributed by atoms with van der Waals surface area (Å²) in [7, 11) is 0. The molecule has 0 radical (unpaired) electrons. The fourth-order valence-electron chi connectivity index (χ4n) is 4.29. The highest BCUT2D eigenvalue weighted by atomic mass is 16.5. The van der Waals surface area contributed by atoms with Gasteiger partial charge in [0.1, 0.15) is 0 Å². The predicted octanol–water partition coefficient (Wildman–Crippen LogP) is 4.33. The monoisotopic (exact) mass is 480 g/mol. The number of carbonyl (C=O) groups excluding carboxylic acids is 1. The molecule has 0 spiro atoms. The van der Waals surface area contributed by atoms with Crippen molar-refractivity contribution < 1.29 is 9.53 Å². The van der Waals surface area contributed by atoms with E-state index in [1.807, 2.05) is 60.8 Å². The second kappa shape index (κ2) is 10.6. The average Bonchev–Trinajstić information content (AvgIpc) is 2.93. The lowest BCUT2D eigenvalue weighted by Crippen LogP contribution is -2.45. The van der Waals surface area contributed by atoms with E-state index in [0.29, 0.717) is 24.8 Å². The summed E-state index contributed by atoms with van der Waals surface area (Å²) >= 11 is 0. The van der Waals surface area contributed by atoms with E-state index in [-0.39, 0.29) is 12.0 Å². The van der Waals surface area contributed by atoms with E-state index in [2.05, 4.69) is 39.2 Å². The number of ether oxygens (including phenoxy) is 1. The maximum absolute atomic E-state index is 11.7. The third kappa shape index (κ3) is 5.19. The van der Waals surface area contributed by atoms with Crippen molar-refractivity contribution in [3.05, 3.63) is 85.6 Å². The summed E-state index contributed by atoms with van der Waals surface area (Å²) in [6, 6.07) is 21.8. The number of amides is 1. The molecule has 0 unspecified atom stereocenters. The number of carbonyl (C=O) groups is 1. The number of aromatic nitrogens is 2. The number of anilines is 4. The van der Waals surface area contributed by atoms with Gasteiger partial charge in [-0.25, -0.2) is 9.97 Å². The fraction of sp³-hybridized carbons (Fsp3) is 0.179. The summed E-state index contributed by atoms with van der Waals surface area (Å²) in [4.78, 5) is 23.3. The van der Waals surface area contributed by atoms with Crippen LogP contribution in [0, 0.1) is 0 Å². The Hall–Kier alpha value is -4.27. The minimum Gasteiger partial charge on any atom is -0.373 e. The minimum atomic E-state index is -0.252. The molecule has 0 bridgehead atoms. The van der Waals surface area contributed by atoms with Gasteiger partial charge in [0, 0.05) is 53.8 Å². The normalized spacial score (nSPS) is 15.5. The highest BCUT2D eigenvalue weighted by Gasteiger charge is 2.19. The Morgan fingerprint density at radius 2 is 1.97 bits per heavy atom. The van der Waals surface area contributed by atoms with Gasteiger partial charge >= 0.3 is 0 Å². The van der Waals surface area contributed by atoms with Gasteiger partial charge in [0.15, 0.2) is 0 Å². The van der Waals surface area contributed by atoms with Crippen molar-refractivity contribution >= 4 is 39.8 Å². The highest BCUT2D eigenvalue weighted by molar-refractivity contribution is 6.00. The number of benzene rings is 3. The number of nitrogens with two attached hydrogens (primary N) is 1. The molecule has 36 heavy (non-hydrogen) atoms. The number of nitrogens with one attached hydrogen (secondary N) is 2. The third-order valence-corrected chi connectivity index (χ3v) is 6.13. The molecule has 0 saturated carbocycles. The molecule has 1 saturated heterocycles. The van der Waals surface area contributed by atoms with Crippen LogP contribution in [0.25, 0.3) is 22.0 Å². The van der Waals surface area contributed by atoms with Gasteiger partial charge in [0.2, 0.25) is 11.9 Å². The standard InChI is InChI=1S/C28H28N6O2/c1-2-26(35)31-22-7-3-5-19(15-22)25-8-4-6-20-17-30-28(33-27(20)25)32-21-9-11-23(12-10-21)34-13-14-36-24(16-29)18-34/h2-12,15,17,24H,1,13-14,16,18,29H2,(H,31,35)(H,30,32,33)/t24-/m0/s1. The van der Waals surface area contributed by atoms with E-state index in [1.54, 1.807) is 0 Å². The zero-order valence-electron chi connectivity index (χ0n) is 19.9. The molecule has 1 fully saturated rings. The van der Waals surface area contributed by atoms with Gasteiger partial charge in [0.05, 0.1) is 18.2 Å². The van der Waals surface area contributed by atoms with Gasteiger partial charge < -0.3 is 26.0 Å². The first-order chi connectivity index (χ1) is 17.6. The van der Waals surface area contributed by atoms with E-state index < -0.39 is 0 Å². The molecule has 8 heteroatoms. The molecule has 1 atom stereocenters. The number of rotatable bonds is 7. The van der Waals surface area contributed by atoms with Crippen molar-refractivity contribution in [2.24, 2.45) is 5.73 Å². The van der Waals surface area contributed by atoms with Crippen molar-refractivity contribution in [3.8, 4) is 11.1 Å². The highest BCUT2D eigenvalue weighted by Crippen LogP contribution is 2.30. The van der Waals surface area contributed by atoms with Crippen molar-refractivity contribution in [2.45, 2.75) is 6.10 Å². The molecular weight excluding hydrogens is 452 g/mol. The second-order valence-electron chi connectivity index (χ2n) is 8.56. The molecule has 1 amide bonds. The number of hydrogen-bond acceptors (Lipinski definition) is 7. The summed E-state index contributed by atoms with van der Waals surface area (Å²) in [6.07, 6.45) is 3.13. The maximum Gasteiger partial charge on any atom is 0.247 e. The number of nitrogens with zero attached hydrogens (tertiary/aromatic N) is 3. The van der Waals surface area contributed by atoms with Gasteiger partial charge in [0.25, 0.3) is 0 Å². The summed E-state index contributed by atoms with van der Waals surface area (Å²) < 4.78 is 5.67. The van der Waals surface area contributed by atoms with Crippen molar-refractivity contribution in [2.75, 3.05) is 41.8 Å². The third-order valence-electron chi connectivity index (χ3n) is 6.13. The maximum atomic E-state index is 11.7. The smallest absolute Gasteiger partial charge is 0.247 e. The molecule has 4 aromatic rings. The Bertz CT molecular complexity index is 1390. The molecule has 4 N–H and O–H groups in total. The lowest BCUT2D eigenvalue weighted by molar-refractivity contribution is -0.111. The largest absolute Gasteiger partial charge is 0.373 e. The Kier molecular flexibility index (Phi) is 6.88. The van der Waals surface area contributed by atoms with Gasteiger partial charge in [-0.05, 0) is 48.0 Å². The topological polar surface area (TPSA) is 105 Å². The zero-order valence-corrected chi connectivity index (χ0v) is 19.9. The Morgan fingerprint density at radius 3 is 2.78 bits per heavy atom. The molecule has 8 nitrogen and oxygen atoms in total. The molecular formula is C28H28N6O2. The summed E-state index contributed by atoms with van der Waals surface area (Å²) in [5.41, 5.74) is 11.2. The van der Waals surface area contributed by atoms with Crippen LogP contribution in [0.4, 0.5) is 23.0 Å². The lowest BCUT2D eigenvalue weighted by atomic mass is 10.0. The van der Waals surface area contributed by atoms with Crippen molar-refractivity contribution in [1.29, 1.82) is 0 Å². The second-order valence-corrected chi connectivity index (χ2v) is 8.56. The van der Waals surface area contributed by atoms with E-state index in [4.69, 9.17) is 15.5 Å². The Morgan fingerprint density at radius 1 is 1.14 bits per heavy atom. The number of fused-ring (bicyclic) bond motifs is 1. The molecule has 0 aliphatic carbocycles. The molecule has 1 aliphatic heterocycles. The Labute approximate surface area is 209 Å². The minimum absolute atomic E-state index is 0.0655. The first kappa shape index (κ1) is 23.5. The molecule has 3 aromatic carbocycles. The van der Waals surface area contributed by atoms with Crippen LogP contribution >= 0.6 is 0 Å². The van der Waals surface area contributed by atoms with Crippen molar-refractivity contribution in [3.63, 3.8) is 0 Å². The Balaban J connectivity index is 1.38. The van der Waals surface area contributed by atoms with Crippen molar-refractivity contribution in [1.82, 2.24) is 9.97 Å². The predicted molar refractivity (Wildman–Crippen MR) is 145 cm³/mol. The molecule has 182 valence electrons. The molecule has 1 aliphatic rings. The van der Waals surface area contributed by atoms with Crippen LogP contribution in [0.3, 0.4) is 0 Å². The average molecular weight is 481 g/mol. The summed E-state index contributed by atoms with van der Waals surface area (Å²) in [5, 5.41) is 7.05. The summed E-state index contributed by atoms with van der Waals surface area (Å²) in [6.45, 7) is 6.34. The van der Waals surface area contributed by atoms with E-state index in [9.17, 15) is 4.79 Å². The van der Waals surface area contributed by atoms with Crippen LogP contribution in [0.15, 0.2) is 85.6 Å². The van der Waals surface area contributed by atoms with Crippen LogP contribution < -0.4 is 21.3 Å². The van der Waals surface area contributed by atoms with Gasteiger partial charge in [-0.1, -0.05) is 36.9 Å². The van der Waals surface area contributed by atoms with Crippen LogP contribution in [-0.2, 0) is 9.53 Å². The van der Waals surface area contributed by atoms with Gasteiger partial charge in [-0.3, -0.25) is 4.79 Å². The molecule has 1 aromatic heterocycles. The van der Waals surface area contributed by atoms with E-state index in [0.717, 1.165) is 46.5 Å². The first-order valence-electron chi connectivity index (χ1n) is 11.9. The lowest BCUT2D eigenvalue weighted by Gasteiger charge is -2.34. The van der Waals surface area contributed by atoms with Crippen LogP contribution in [0.1, 0.15) is 0 Å². The number of para-hydroxylation sites is 1. The fourth-order valence-corrected chi connectivity index (χ4v) is 4.29. The number of morpholine rings is 1. The SMILES string of the molecule is C=CC(=O)Nc1cccc(-c2cccc3cnc(Nc4ccc(N5CCO[C@@H](CN)C5)cc4)nc23)c1. The van der Waals surface area contributed by atoms with Gasteiger partial charge in [-0.2, -0.15) is 0 Å². The van der Waals surface area contributed by atoms with Crippen LogP contribution in [0.5, 0.6) is 0 Å². The van der Waals surface area contributed by atoms with Gasteiger partial charge in [-0.15, -0.1) is 0 Å². The van der Waals surface area contributed by atoms with Crippen LogP contribution in [0.2, 0.25) is 0 Å². The zero-order chi connectivity index (χ0) is 24.9. The number of hydrogen-bond donors (Lipinski definition) is 3. The van der Waals surface area contributed by atoms with E-state index >= 15 is 0 Å². The van der Waals surface area contributed by atoms with E-state index in [1.165, 1.54) is 6.08 Å². The molecule has 2 heterocycles. The molecule has 5 rings (SSSR count). The van der Waals surface area contributed by atoms with Crippen LogP contribution in [-0.4, -0.2) is 48.2 Å². The first-order valence-corrected chi connectivity index (χ1v) is 11.9. The quantitative estimate of drug-likeness (QED) is 0.338. The summed E-state index contributed by atoms with van der Waals surface area (Å²) in [5.74, 6) is 0.256.